The Bertz CT molecular complexity index is 217. The van der Waals surface area contributed by atoms with Crippen molar-refractivity contribution in [3.63, 3.8) is 0 Å². The summed E-state index contributed by atoms with van der Waals surface area (Å²) >= 11 is 0. The first-order chi connectivity index (χ1) is 6.61. The maximum atomic E-state index is 11.0. The Morgan fingerprint density at radius 2 is 2.14 bits per heavy atom. The highest BCUT2D eigenvalue weighted by Crippen LogP contribution is 1.90. The van der Waals surface area contributed by atoms with Crippen molar-refractivity contribution in [3.05, 3.63) is 12.7 Å². The number of carbonyl (C=O) groups excluding carboxylic acids is 1. The summed E-state index contributed by atoms with van der Waals surface area (Å²) in [5.74, 6) is -1.17. The Hall–Kier alpha value is -1.56. The zero-order valence-electron chi connectivity index (χ0n) is 7.69. The van der Waals surface area contributed by atoms with Gasteiger partial charge in [0.1, 0.15) is 6.04 Å². The average molecular weight is 202 g/mol. The highest BCUT2D eigenvalue weighted by atomic mass is 16.4. The largest absolute Gasteiger partial charge is 0.480 e. The highest BCUT2D eigenvalue weighted by Gasteiger charge is 2.18. The van der Waals surface area contributed by atoms with Gasteiger partial charge >= 0.3 is 12.0 Å². The molecule has 0 saturated carbocycles. The van der Waals surface area contributed by atoms with E-state index < -0.39 is 18.0 Å². The van der Waals surface area contributed by atoms with Gasteiger partial charge in [-0.05, 0) is 0 Å². The van der Waals surface area contributed by atoms with Crippen molar-refractivity contribution in [3.8, 4) is 0 Å². The van der Waals surface area contributed by atoms with E-state index in [1.165, 1.54) is 6.08 Å². The smallest absolute Gasteiger partial charge is 0.326 e. The van der Waals surface area contributed by atoms with Crippen LogP contribution in [-0.4, -0.2) is 41.4 Å². The van der Waals surface area contributed by atoms with E-state index in [1.54, 1.807) is 0 Å². The van der Waals surface area contributed by atoms with Gasteiger partial charge < -0.3 is 20.8 Å². The summed E-state index contributed by atoms with van der Waals surface area (Å²) in [4.78, 5) is 21.5. The molecule has 0 rings (SSSR count). The van der Waals surface area contributed by atoms with Crippen molar-refractivity contribution in [1.82, 2.24) is 10.6 Å². The van der Waals surface area contributed by atoms with Crippen LogP contribution in [0, 0.1) is 0 Å². The predicted octanol–water partition coefficient (Wildman–Crippen LogP) is -0.693. The molecule has 1 atom stereocenters. The van der Waals surface area contributed by atoms with E-state index in [0.717, 1.165) is 0 Å². The minimum Gasteiger partial charge on any atom is -0.480 e. The molecule has 0 aromatic carbocycles. The van der Waals surface area contributed by atoms with Crippen molar-refractivity contribution in [2.24, 2.45) is 0 Å². The lowest BCUT2D eigenvalue weighted by atomic mass is 10.2. The van der Waals surface area contributed by atoms with Crippen LogP contribution in [0.2, 0.25) is 0 Å². The SMILES string of the molecule is C=CCNC(=O)NC(CCO)C(=O)O. The van der Waals surface area contributed by atoms with Crippen molar-refractivity contribution < 1.29 is 19.8 Å². The zero-order valence-corrected chi connectivity index (χ0v) is 7.69. The first kappa shape index (κ1) is 12.4. The molecule has 2 amide bonds. The van der Waals surface area contributed by atoms with Crippen molar-refractivity contribution in [2.75, 3.05) is 13.2 Å². The lowest BCUT2D eigenvalue weighted by Crippen LogP contribution is -2.46. The van der Waals surface area contributed by atoms with E-state index in [1.807, 2.05) is 0 Å². The van der Waals surface area contributed by atoms with Gasteiger partial charge in [-0.15, -0.1) is 6.58 Å². The molecule has 0 spiro atoms. The summed E-state index contributed by atoms with van der Waals surface area (Å²) in [6.45, 7) is 3.35. The molecule has 6 nitrogen and oxygen atoms in total. The first-order valence-electron chi connectivity index (χ1n) is 4.10. The van der Waals surface area contributed by atoms with Gasteiger partial charge in [0.2, 0.25) is 0 Å². The quantitative estimate of drug-likeness (QED) is 0.428. The van der Waals surface area contributed by atoms with E-state index in [-0.39, 0.29) is 19.6 Å². The lowest BCUT2D eigenvalue weighted by Gasteiger charge is -2.13. The van der Waals surface area contributed by atoms with Gasteiger partial charge in [-0.1, -0.05) is 6.08 Å². The summed E-state index contributed by atoms with van der Waals surface area (Å²) in [6, 6.07) is -1.66. The minimum atomic E-state index is -1.17. The lowest BCUT2D eigenvalue weighted by molar-refractivity contribution is -0.139. The molecule has 4 N–H and O–H groups in total. The van der Waals surface area contributed by atoms with Crippen LogP contribution in [0.3, 0.4) is 0 Å². The molecule has 0 saturated heterocycles. The fraction of sp³-hybridized carbons (Fsp3) is 0.500. The topological polar surface area (TPSA) is 98.7 Å². The van der Waals surface area contributed by atoms with Gasteiger partial charge in [0, 0.05) is 19.6 Å². The number of hydrogen-bond acceptors (Lipinski definition) is 3. The average Bonchev–Trinajstić information content (AvgIpc) is 2.14. The molecule has 1 unspecified atom stereocenters. The summed E-state index contributed by atoms with van der Waals surface area (Å²) in [5.41, 5.74) is 0. The fourth-order valence-electron chi connectivity index (χ4n) is 0.761. The monoisotopic (exact) mass is 202 g/mol. The second kappa shape index (κ2) is 6.90. The maximum absolute atomic E-state index is 11.0. The minimum absolute atomic E-state index is 0.0170. The number of aliphatic carboxylic acids is 1. The summed E-state index contributed by atoms with van der Waals surface area (Å²) in [5, 5.41) is 21.7. The standard InChI is InChI=1S/C8H14N2O4/c1-2-4-9-8(14)10-6(3-5-11)7(12)13/h2,6,11H,1,3-5H2,(H,12,13)(H2,9,10,14). The third kappa shape index (κ3) is 5.15. The van der Waals surface area contributed by atoms with Crippen LogP contribution in [0.15, 0.2) is 12.7 Å². The highest BCUT2D eigenvalue weighted by molar-refractivity contribution is 5.82. The predicted molar refractivity (Wildman–Crippen MR) is 49.9 cm³/mol. The Labute approximate surface area is 81.6 Å². The van der Waals surface area contributed by atoms with Crippen molar-refractivity contribution in [2.45, 2.75) is 12.5 Å². The van der Waals surface area contributed by atoms with E-state index in [4.69, 9.17) is 10.2 Å². The van der Waals surface area contributed by atoms with Crippen LogP contribution in [-0.2, 0) is 4.79 Å². The number of urea groups is 1. The van der Waals surface area contributed by atoms with Crippen LogP contribution in [0.5, 0.6) is 0 Å². The van der Waals surface area contributed by atoms with E-state index in [9.17, 15) is 9.59 Å². The van der Waals surface area contributed by atoms with Gasteiger partial charge in [0.25, 0.3) is 0 Å². The summed E-state index contributed by atoms with van der Waals surface area (Å²) < 4.78 is 0. The van der Waals surface area contributed by atoms with E-state index >= 15 is 0 Å². The normalized spacial score (nSPS) is 11.5. The molecular weight excluding hydrogens is 188 g/mol. The third-order valence-corrected chi connectivity index (χ3v) is 1.43. The molecule has 14 heavy (non-hydrogen) atoms. The van der Waals surface area contributed by atoms with Crippen molar-refractivity contribution >= 4 is 12.0 Å². The number of carboxylic acids is 1. The van der Waals surface area contributed by atoms with Gasteiger partial charge in [0.05, 0.1) is 0 Å². The Kier molecular flexibility index (Phi) is 6.13. The molecule has 0 radical (unpaired) electrons. The van der Waals surface area contributed by atoms with Crippen molar-refractivity contribution in [1.29, 1.82) is 0 Å². The van der Waals surface area contributed by atoms with Crippen LogP contribution in [0.1, 0.15) is 6.42 Å². The van der Waals surface area contributed by atoms with Crippen LogP contribution in [0.4, 0.5) is 4.79 Å². The number of hydrogen-bond donors (Lipinski definition) is 4. The van der Waals surface area contributed by atoms with Gasteiger partial charge in [0.15, 0.2) is 0 Å². The summed E-state index contributed by atoms with van der Waals surface area (Å²) in [7, 11) is 0. The fourth-order valence-corrected chi connectivity index (χ4v) is 0.761. The van der Waals surface area contributed by atoms with Crippen LogP contribution >= 0.6 is 0 Å². The molecule has 0 aromatic rings. The summed E-state index contributed by atoms with van der Waals surface area (Å²) in [6.07, 6.45) is 1.46. The Morgan fingerprint density at radius 3 is 2.57 bits per heavy atom. The zero-order chi connectivity index (χ0) is 11.0. The molecule has 0 aliphatic heterocycles. The molecule has 0 aliphatic rings. The molecule has 80 valence electrons. The molecule has 0 fully saturated rings. The van der Waals surface area contributed by atoms with Crippen LogP contribution in [0.25, 0.3) is 0 Å². The molecular formula is C8H14N2O4. The number of carboxylic acid groups (broad SMARTS) is 1. The number of amides is 2. The van der Waals surface area contributed by atoms with E-state index in [0.29, 0.717) is 0 Å². The first-order valence-corrected chi connectivity index (χ1v) is 4.10. The molecule has 0 aliphatic carbocycles. The Balaban J connectivity index is 3.95. The molecule has 6 heteroatoms. The van der Waals surface area contributed by atoms with Gasteiger partial charge in [-0.3, -0.25) is 0 Å². The van der Waals surface area contributed by atoms with Crippen LogP contribution < -0.4 is 10.6 Å². The number of aliphatic hydroxyl groups excluding tert-OH is 1. The third-order valence-electron chi connectivity index (χ3n) is 1.43. The number of rotatable bonds is 6. The second-order valence-electron chi connectivity index (χ2n) is 2.55. The number of carbonyl (C=O) groups is 2. The number of nitrogens with one attached hydrogen (secondary N) is 2. The molecule has 0 aromatic heterocycles. The Morgan fingerprint density at radius 1 is 1.50 bits per heavy atom. The van der Waals surface area contributed by atoms with Gasteiger partial charge in [-0.2, -0.15) is 0 Å². The van der Waals surface area contributed by atoms with E-state index in [2.05, 4.69) is 17.2 Å². The number of aliphatic hydroxyl groups is 1. The van der Waals surface area contributed by atoms with Gasteiger partial charge in [-0.25, -0.2) is 9.59 Å². The molecule has 0 heterocycles. The molecule has 0 bridgehead atoms. The second-order valence-corrected chi connectivity index (χ2v) is 2.55. The maximum Gasteiger partial charge on any atom is 0.326 e.